The summed E-state index contributed by atoms with van der Waals surface area (Å²) in [7, 11) is 0. The number of phenolic OH excluding ortho intramolecular Hbond substituents is 3. The Bertz CT molecular complexity index is 993. The summed E-state index contributed by atoms with van der Waals surface area (Å²) < 4.78 is 6.45. The van der Waals surface area contributed by atoms with Crippen LogP contribution in [0.2, 0.25) is 0 Å². The second-order valence-electron chi connectivity index (χ2n) is 9.69. The fraction of sp³-hybridized carbons (Fsp3) is 0.480. The molecule has 2 atom stereocenters. The summed E-state index contributed by atoms with van der Waals surface area (Å²) in [5.41, 5.74) is 2.05. The van der Waals surface area contributed by atoms with Gasteiger partial charge in [-0.25, -0.2) is 0 Å². The highest BCUT2D eigenvalue weighted by molar-refractivity contribution is 5.98. The van der Waals surface area contributed by atoms with E-state index in [9.17, 15) is 20.1 Å². The third-order valence-corrected chi connectivity index (χ3v) is 7.16. The predicted octanol–water partition coefficient (Wildman–Crippen LogP) is 5.14. The van der Waals surface area contributed by atoms with Crippen LogP contribution in [-0.4, -0.2) is 26.7 Å². The van der Waals surface area contributed by atoms with Gasteiger partial charge in [0.1, 0.15) is 17.1 Å². The standard InChI is InChI=1S/C25H30O5/c1-24(2)11-4-12-25(3)22(24)14-18-15(6-10-20(28)23(18)30-25)5-9-19(27)17-8-7-16(26)13-21(17)29/h6-8,10,13,22,26,28-29H,4-5,9,11-12,14H2,1-3H3/t22-,25-/m0/s1. The number of aromatic hydroxyl groups is 3. The number of carbonyl (C=O) groups excluding carboxylic acids is 1. The SMILES string of the molecule is CC1(C)CCC[C@]2(C)Oc3c(O)ccc(CCC(=O)c4ccc(O)cc4O)c3C[C@@H]12. The molecule has 3 N–H and O–H groups in total. The summed E-state index contributed by atoms with van der Waals surface area (Å²) in [6.45, 7) is 6.75. The molecule has 0 radical (unpaired) electrons. The molecule has 1 heterocycles. The molecule has 1 aliphatic heterocycles. The van der Waals surface area contributed by atoms with Gasteiger partial charge in [0.25, 0.3) is 0 Å². The van der Waals surface area contributed by atoms with E-state index < -0.39 is 0 Å². The van der Waals surface area contributed by atoms with Gasteiger partial charge in [-0.05, 0) is 68.2 Å². The molecule has 1 saturated carbocycles. The van der Waals surface area contributed by atoms with Gasteiger partial charge in [0, 0.05) is 24.0 Å². The van der Waals surface area contributed by atoms with Gasteiger partial charge in [0.2, 0.25) is 0 Å². The van der Waals surface area contributed by atoms with Crippen LogP contribution in [0.4, 0.5) is 0 Å². The molecule has 5 nitrogen and oxygen atoms in total. The average molecular weight is 411 g/mol. The Hall–Kier alpha value is -2.69. The van der Waals surface area contributed by atoms with E-state index in [1.807, 2.05) is 6.07 Å². The van der Waals surface area contributed by atoms with Crippen molar-refractivity contribution in [1.29, 1.82) is 0 Å². The number of Topliss-reactive ketones (excluding diaryl/α,β-unsaturated/α-hetero) is 1. The number of benzene rings is 2. The molecule has 4 rings (SSSR count). The van der Waals surface area contributed by atoms with Gasteiger partial charge in [-0.3, -0.25) is 4.79 Å². The third kappa shape index (κ3) is 3.51. The summed E-state index contributed by atoms with van der Waals surface area (Å²) in [4.78, 5) is 12.6. The zero-order chi connectivity index (χ0) is 21.7. The molecule has 2 aliphatic rings. The van der Waals surface area contributed by atoms with Gasteiger partial charge in [-0.15, -0.1) is 0 Å². The van der Waals surface area contributed by atoms with E-state index in [2.05, 4.69) is 20.8 Å². The highest BCUT2D eigenvalue weighted by atomic mass is 16.5. The Kier molecular flexibility index (Phi) is 4.95. The largest absolute Gasteiger partial charge is 0.508 e. The molecule has 0 saturated heterocycles. The topological polar surface area (TPSA) is 87.0 Å². The molecule has 5 heteroatoms. The Labute approximate surface area is 177 Å². The molecule has 0 spiro atoms. The van der Waals surface area contributed by atoms with Crippen molar-refractivity contribution in [1.82, 2.24) is 0 Å². The fourth-order valence-electron chi connectivity index (χ4n) is 5.49. The van der Waals surface area contributed by atoms with Crippen molar-refractivity contribution >= 4 is 5.78 Å². The lowest BCUT2D eigenvalue weighted by Gasteiger charge is -2.53. The lowest BCUT2D eigenvalue weighted by Crippen LogP contribution is -2.54. The summed E-state index contributed by atoms with van der Waals surface area (Å²) in [5, 5.41) is 29.9. The Morgan fingerprint density at radius 1 is 1.07 bits per heavy atom. The van der Waals surface area contributed by atoms with E-state index in [-0.39, 0.29) is 46.0 Å². The van der Waals surface area contributed by atoms with Crippen LogP contribution in [0.15, 0.2) is 30.3 Å². The monoisotopic (exact) mass is 410 g/mol. The van der Waals surface area contributed by atoms with Crippen LogP contribution in [0.3, 0.4) is 0 Å². The maximum absolute atomic E-state index is 12.6. The van der Waals surface area contributed by atoms with Gasteiger partial charge >= 0.3 is 0 Å². The van der Waals surface area contributed by atoms with Crippen molar-refractivity contribution in [3.8, 4) is 23.0 Å². The highest BCUT2D eigenvalue weighted by Gasteiger charge is 2.51. The summed E-state index contributed by atoms with van der Waals surface area (Å²) in [5.74, 6) is 0.573. The van der Waals surface area contributed by atoms with Gasteiger partial charge in [-0.1, -0.05) is 19.9 Å². The molecule has 0 bridgehead atoms. The number of hydrogen-bond donors (Lipinski definition) is 3. The first-order chi connectivity index (χ1) is 14.1. The quantitative estimate of drug-likeness (QED) is 0.608. The molecule has 160 valence electrons. The minimum Gasteiger partial charge on any atom is -0.508 e. The molecule has 30 heavy (non-hydrogen) atoms. The number of phenols is 3. The van der Waals surface area contributed by atoms with Crippen molar-refractivity contribution < 1.29 is 24.9 Å². The molecular formula is C25H30O5. The maximum atomic E-state index is 12.6. The van der Waals surface area contributed by atoms with E-state index >= 15 is 0 Å². The van der Waals surface area contributed by atoms with E-state index in [0.29, 0.717) is 18.1 Å². The molecule has 2 aromatic rings. The Balaban J connectivity index is 1.61. The first kappa shape index (κ1) is 20.6. The number of rotatable bonds is 4. The van der Waals surface area contributed by atoms with Crippen LogP contribution in [0.5, 0.6) is 23.0 Å². The molecule has 0 amide bonds. The summed E-state index contributed by atoms with van der Waals surface area (Å²) in [6.07, 6.45) is 4.78. The first-order valence-corrected chi connectivity index (χ1v) is 10.7. The maximum Gasteiger partial charge on any atom is 0.166 e. The first-order valence-electron chi connectivity index (χ1n) is 10.7. The van der Waals surface area contributed by atoms with Crippen LogP contribution in [0.1, 0.15) is 67.9 Å². The number of fused-ring (bicyclic) bond motifs is 2. The fourth-order valence-corrected chi connectivity index (χ4v) is 5.49. The molecule has 2 aromatic carbocycles. The van der Waals surface area contributed by atoms with Gasteiger partial charge in [0.05, 0.1) is 5.56 Å². The van der Waals surface area contributed by atoms with Gasteiger partial charge in [-0.2, -0.15) is 0 Å². The van der Waals surface area contributed by atoms with Crippen molar-refractivity contribution in [2.24, 2.45) is 11.3 Å². The van der Waals surface area contributed by atoms with E-state index in [1.54, 1.807) is 6.07 Å². The number of hydrogen-bond acceptors (Lipinski definition) is 5. The highest BCUT2D eigenvalue weighted by Crippen LogP contribution is 2.55. The van der Waals surface area contributed by atoms with Gasteiger partial charge < -0.3 is 20.1 Å². The summed E-state index contributed by atoms with van der Waals surface area (Å²) >= 11 is 0. The number of ketones is 1. The van der Waals surface area contributed by atoms with Crippen LogP contribution in [-0.2, 0) is 12.8 Å². The number of ether oxygens (including phenoxy) is 1. The van der Waals surface area contributed by atoms with Crippen LogP contribution in [0.25, 0.3) is 0 Å². The zero-order valence-corrected chi connectivity index (χ0v) is 17.9. The predicted molar refractivity (Wildman–Crippen MR) is 114 cm³/mol. The summed E-state index contributed by atoms with van der Waals surface area (Å²) in [6, 6.07) is 7.54. The van der Waals surface area contributed by atoms with Crippen LogP contribution >= 0.6 is 0 Å². The van der Waals surface area contributed by atoms with E-state index in [4.69, 9.17) is 4.74 Å². The van der Waals surface area contributed by atoms with Crippen molar-refractivity contribution in [2.75, 3.05) is 0 Å². The number of aryl methyl sites for hydroxylation is 1. The normalized spacial score (nSPS) is 24.4. The minimum atomic E-state index is -0.293. The van der Waals surface area contributed by atoms with E-state index in [1.165, 1.54) is 18.2 Å². The van der Waals surface area contributed by atoms with Crippen molar-refractivity contribution in [3.63, 3.8) is 0 Å². The lowest BCUT2D eigenvalue weighted by molar-refractivity contribution is -0.0829. The molecule has 0 aromatic heterocycles. The Morgan fingerprint density at radius 3 is 2.57 bits per heavy atom. The third-order valence-electron chi connectivity index (χ3n) is 7.16. The molecular weight excluding hydrogens is 380 g/mol. The molecule has 1 fully saturated rings. The molecule has 0 unspecified atom stereocenters. The lowest BCUT2D eigenvalue weighted by atomic mass is 9.59. The van der Waals surface area contributed by atoms with E-state index in [0.717, 1.165) is 36.8 Å². The smallest absolute Gasteiger partial charge is 0.166 e. The van der Waals surface area contributed by atoms with Crippen LogP contribution < -0.4 is 4.74 Å². The van der Waals surface area contributed by atoms with Crippen LogP contribution in [0, 0.1) is 11.3 Å². The molecule has 1 aliphatic carbocycles. The number of carbonyl (C=O) groups is 1. The second-order valence-corrected chi connectivity index (χ2v) is 9.69. The average Bonchev–Trinajstić information content (AvgIpc) is 2.66. The van der Waals surface area contributed by atoms with Gasteiger partial charge in [0.15, 0.2) is 17.3 Å². The van der Waals surface area contributed by atoms with Crippen molar-refractivity contribution in [2.45, 2.75) is 64.9 Å². The zero-order valence-electron chi connectivity index (χ0n) is 17.9. The Morgan fingerprint density at radius 2 is 1.83 bits per heavy atom. The minimum absolute atomic E-state index is 0.0769. The van der Waals surface area contributed by atoms with Crippen molar-refractivity contribution in [3.05, 3.63) is 47.0 Å². The second kappa shape index (κ2) is 7.22.